The fraction of sp³-hybridized carbons (Fsp3) is 0.353. The molecule has 0 bridgehead atoms. The first-order chi connectivity index (χ1) is 12.2. The number of aryl methyl sites for hydroxylation is 1. The van der Waals surface area contributed by atoms with Crippen LogP contribution >= 0.6 is 34.5 Å². The number of nitrogens with zero attached hydrogens (tertiary/aromatic N) is 1. The monoisotopic (exact) mass is 416 g/mol. The van der Waals surface area contributed by atoms with Crippen molar-refractivity contribution in [2.45, 2.75) is 39.5 Å². The van der Waals surface area contributed by atoms with E-state index in [4.69, 9.17) is 27.9 Å². The van der Waals surface area contributed by atoms with E-state index in [2.05, 4.69) is 5.32 Å². The lowest BCUT2D eigenvalue weighted by Gasteiger charge is -2.19. The quantitative estimate of drug-likeness (QED) is 0.732. The van der Waals surface area contributed by atoms with Crippen LogP contribution in [-0.4, -0.2) is 22.5 Å². The SMILES string of the molecule is Cc1csc(=O)n1CC(=O)O[C@@H](C)C(=O)N[C@@H](C)c1ccc(Cl)cc1Cl. The van der Waals surface area contributed by atoms with Gasteiger partial charge in [0.05, 0.1) is 6.04 Å². The summed E-state index contributed by atoms with van der Waals surface area (Å²) in [6.07, 6.45) is -1.01. The molecule has 0 saturated carbocycles. The van der Waals surface area contributed by atoms with Crippen LogP contribution in [0.2, 0.25) is 10.0 Å². The number of hydrogen-bond donors (Lipinski definition) is 1. The number of rotatable bonds is 6. The van der Waals surface area contributed by atoms with E-state index < -0.39 is 24.0 Å². The van der Waals surface area contributed by atoms with Gasteiger partial charge in [0.2, 0.25) is 0 Å². The minimum Gasteiger partial charge on any atom is -0.451 e. The van der Waals surface area contributed by atoms with E-state index in [9.17, 15) is 14.4 Å². The Bertz CT molecular complexity index is 878. The van der Waals surface area contributed by atoms with Crippen molar-refractivity contribution >= 4 is 46.4 Å². The minimum atomic E-state index is -1.01. The maximum absolute atomic E-state index is 12.3. The molecule has 0 aliphatic heterocycles. The molecule has 1 heterocycles. The van der Waals surface area contributed by atoms with Crippen LogP contribution in [0.25, 0.3) is 0 Å². The molecule has 26 heavy (non-hydrogen) atoms. The third-order valence-corrected chi connectivity index (χ3v) is 5.17. The average Bonchev–Trinajstić information content (AvgIpc) is 2.86. The lowest BCUT2D eigenvalue weighted by molar-refractivity contribution is -0.155. The molecule has 0 spiro atoms. The molecule has 0 aliphatic rings. The number of esters is 1. The van der Waals surface area contributed by atoms with Gasteiger partial charge in [0, 0.05) is 21.1 Å². The van der Waals surface area contributed by atoms with Gasteiger partial charge in [0.1, 0.15) is 6.54 Å². The van der Waals surface area contributed by atoms with Crippen molar-refractivity contribution in [1.29, 1.82) is 0 Å². The summed E-state index contributed by atoms with van der Waals surface area (Å²) in [5, 5.41) is 5.32. The molecule has 140 valence electrons. The molecule has 1 aromatic carbocycles. The predicted molar refractivity (Wildman–Crippen MR) is 102 cm³/mol. The fourth-order valence-electron chi connectivity index (χ4n) is 2.27. The molecular formula is C17H18Cl2N2O4S. The molecule has 0 fully saturated rings. The normalized spacial score (nSPS) is 13.1. The molecule has 2 rings (SSSR count). The summed E-state index contributed by atoms with van der Waals surface area (Å²) in [6, 6.07) is 4.59. The highest BCUT2D eigenvalue weighted by Gasteiger charge is 2.21. The highest BCUT2D eigenvalue weighted by Crippen LogP contribution is 2.26. The molecule has 1 aromatic heterocycles. The Morgan fingerprint density at radius 1 is 1.31 bits per heavy atom. The summed E-state index contributed by atoms with van der Waals surface area (Å²) in [7, 11) is 0. The Labute approximate surface area is 164 Å². The smallest absolute Gasteiger partial charge is 0.326 e. The summed E-state index contributed by atoms with van der Waals surface area (Å²) >= 11 is 13.0. The van der Waals surface area contributed by atoms with Crippen molar-refractivity contribution < 1.29 is 14.3 Å². The molecule has 0 aliphatic carbocycles. The number of hydrogen-bond acceptors (Lipinski definition) is 5. The van der Waals surface area contributed by atoms with Gasteiger partial charge in [-0.3, -0.25) is 19.0 Å². The Kier molecular flexibility index (Phi) is 6.86. The zero-order valence-corrected chi connectivity index (χ0v) is 16.7. The molecule has 0 saturated heterocycles. The molecular weight excluding hydrogens is 399 g/mol. The third-order valence-electron chi connectivity index (χ3n) is 3.73. The zero-order chi connectivity index (χ0) is 19.4. The summed E-state index contributed by atoms with van der Waals surface area (Å²) in [5.41, 5.74) is 1.36. The molecule has 2 atom stereocenters. The fourth-order valence-corrected chi connectivity index (χ4v) is 3.58. The number of ether oxygens (including phenoxy) is 1. The molecule has 0 unspecified atom stereocenters. The zero-order valence-electron chi connectivity index (χ0n) is 14.4. The largest absolute Gasteiger partial charge is 0.451 e. The Morgan fingerprint density at radius 3 is 2.58 bits per heavy atom. The first-order valence-corrected chi connectivity index (χ1v) is 9.42. The third kappa shape index (κ3) is 5.09. The van der Waals surface area contributed by atoms with E-state index in [0.29, 0.717) is 21.3 Å². The van der Waals surface area contributed by atoms with Crippen LogP contribution in [-0.2, 0) is 20.9 Å². The first-order valence-electron chi connectivity index (χ1n) is 7.78. The summed E-state index contributed by atoms with van der Waals surface area (Å²) < 4.78 is 6.42. The van der Waals surface area contributed by atoms with Crippen molar-refractivity contribution in [2.75, 3.05) is 0 Å². The van der Waals surface area contributed by atoms with Gasteiger partial charge in [-0.1, -0.05) is 40.6 Å². The van der Waals surface area contributed by atoms with E-state index >= 15 is 0 Å². The summed E-state index contributed by atoms with van der Waals surface area (Å²) in [5.74, 6) is -1.13. The van der Waals surface area contributed by atoms with Crippen LogP contribution in [0.15, 0.2) is 28.4 Å². The maximum Gasteiger partial charge on any atom is 0.326 e. The second kappa shape index (κ2) is 8.70. The van der Waals surface area contributed by atoms with Gasteiger partial charge in [0.15, 0.2) is 6.10 Å². The lowest BCUT2D eigenvalue weighted by Crippen LogP contribution is -2.38. The van der Waals surface area contributed by atoms with Crippen molar-refractivity contribution in [3.8, 4) is 0 Å². The van der Waals surface area contributed by atoms with Gasteiger partial charge in [0.25, 0.3) is 5.91 Å². The second-order valence-corrected chi connectivity index (χ2v) is 7.42. The average molecular weight is 417 g/mol. The van der Waals surface area contributed by atoms with Gasteiger partial charge in [-0.2, -0.15) is 0 Å². The van der Waals surface area contributed by atoms with Crippen LogP contribution in [0.3, 0.4) is 0 Å². The van der Waals surface area contributed by atoms with Crippen LogP contribution in [0.4, 0.5) is 0 Å². The number of nitrogens with one attached hydrogen (secondary N) is 1. The van der Waals surface area contributed by atoms with Gasteiger partial charge in [-0.15, -0.1) is 0 Å². The Morgan fingerprint density at radius 2 is 2.00 bits per heavy atom. The summed E-state index contributed by atoms with van der Waals surface area (Å²) in [4.78, 5) is 35.6. The van der Waals surface area contributed by atoms with Crippen molar-refractivity contribution in [1.82, 2.24) is 9.88 Å². The van der Waals surface area contributed by atoms with Gasteiger partial charge in [-0.05, 0) is 38.5 Å². The topological polar surface area (TPSA) is 77.4 Å². The first kappa shape index (κ1) is 20.5. The van der Waals surface area contributed by atoms with Crippen LogP contribution in [0.1, 0.15) is 31.1 Å². The van der Waals surface area contributed by atoms with Crippen LogP contribution in [0, 0.1) is 6.92 Å². The number of amides is 1. The lowest BCUT2D eigenvalue weighted by atomic mass is 10.1. The molecule has 6 nitrogen and oxygen atoms in total. The van der Waals surface area contributed by atoms with Gasteiger partial charge < -0.3 is 10.1 Å². The standard InChI is InChI=1S/C17H18Cl2N2O4S/c1-9-8-26-17(24)21(9)7-15(22)25-11(3)16(23)20-10(2)13-5-4-12(18)6-14(13)19/h4-6,8,10-11H,7H2,1-3H3,(H,20,23)/t10-,11-/m0/s1. The number of carbonyl (C=O) groups excluding carboxylic acids is 2. The van der Waals surface area contributed by atoms with E-state index in [1.807, 2.05) is 0 Å². The number of halogens is 2. The van der Waals surface area contributed by atoms with Gasteiger partial charge in [-0.25, -0.2) is 0 Å². The number of aromatic nitrogens is 1. The van der Waals surface area contributed by atoms with E-state index in [1.165, 1.54) is 11.5 Å². The van der Waals surface area contributed by atoms with Crippen molar-refractivity contribution in [3.05, 3.63) is 54.5 Å². The van der Waals surface area contributed by atoms with E-state index in [-0.39, 0.29) is 11.4 Å². The highest BCUT2D eigenvalue weighted by atomic mass is 35.5. The molecule has 1 amide bonds. The number of carbonyl (C=O) groups is 2. The molecule has 2 aromatic rings. The molecule has 9 heteroatoms. The van der Waals surface area contributed by atoms with E-state index in [0.717, 1.165) is 11.3 Å². The van der Waals surface area contributed by atoms with E-state index in [1.54, 1.807) is 37.4 Å². The van der Waals surface area contributed by atoms with Crippen molar-refractivity contribution in [2.24, 2.45) is 0 Å². The number of benzene rings is 1. The van der Waals surface area contributed by atoms with Crippen LogP contribution in [0.5, 0.6) is 0 Å². The number of thiazole rings is 1. The van der Waals surface area contributed by atoms with Crippen LogP contribution < -0.4 is 10.2 Å². The molecule has 1 N–H and O–H groups in total. The summed E-state index contributed by atoms with van der Waals surface area (Å²) in [6.45, 7) is 4.71. The predicted octanol–water partition coefficient (Wildman–Crippen LogP) is 3.33. The highest BCUT2D eigenvalue weighted by molar-refractivity contribution is 7.07. The second-order valence-electron chi connectivity index (χ2n) is 5.76. The Balaban J connectivity index is 1.94. The minimum absolute atomic E-state index is 0.232. The maximum atomic E-state index is 12.3. The van der Waals surface area contributed by atoms with Gasteiger partial charge >= 0.3 is 10.8 Å². The van der Waals surface area contributed by atoms with Crippen molar-refractivity contribution in [3.63, 3.8) is 0 Å². The molecule has 0 radical (unpaired) electrons. The Hall–Kier alpha value is -1.83.